The van der Waals surface area contributed by atoms with E-state index in [0.29, 0.717) is 11.5 Å². The van der Waals surface area contributed by atoms with Gasteiger partial charge in [-0.2, -0.15) is 0 Å². The number of aryl methyl sites for hydroxylation is 1. The number of pyridine rings is 1. The van der Waals surface area contributed by atoms with Crippen LogP contribution in [0.15, 0.2) is 12.1 Å². The maximum absolute atomic E-state index is 10.7. The fourth-order valence-corrected chi connectivity index (χ4v) is 2.15. The second-order valence-corrected chi connectivity index (χ2v) is 4.54. The van der Waals surface area contributed by atoms with Crippen LogP contribution in [0, 0.1) is 17.0 Å². The van der Waals surface area contributed by atoms with Gasteiger partial charge in [0.05, 0.1) is 17.1 Å². The van der Waals surface area contributed by atoms with Crippen molar-refractivity contribution in [2.75, 3.05) is 11.9 Å². The summed E-state index contributed by atoms with van der Waals surface area (Å²) < 4.78 is 5.58. The molecule has 2 atom stereocenters. The molecule has 1 aromatic heterocycles. The van der Waals surface area contributed by atoms with Crippen molar-refractivity contribution in [2.24, 2.45) is 0 Å². The number of anilines is 1. The van der Waals surface area contributed by atoms with Crippen LogP contribution in [-0.4, -0.2) is 28.7 Å². The van der Waals surface area contributed by atoms with Gasteiger partial charge in [-0.15, -0.1) is 0 Å². The van der Waals surface area contributed by atoms with E-state index in [2.05, 4.69) is 10.3 Å². The number of hydrogen-bond donors (Lipinski definition) is 1. The molecule has 6 nitrogen and oxygen atoms in total. The minimum atomic E-state index is -0.421. The molecule has 0 spiro atoms. The lowest BCUT2D eigenvalue weighted by atomic mass is 10.1. The lowest BCUT2D eigenvalue weighted by Crippen LogP contribution is -2.30. The molecule has 2 unspecified atom stereocenters. The van der Waals surface area contributed by atoms with E-state index in [1.807, 2.05) is 6.92 Å². The summed E-state index contributed by atoms with van der Waals surface area (Å²) in [6.07, 6.45) is 2.33. The first-order valence-corrected chi connectivity index (χ1v) is 6.08. The Morgan fingerprint density at radius 2 is 2.39 bits per heavy atom. The smallest absolute Gasteiger partial charge is 0.290 e. The highest BCUT2D eigenvalue weighted by molar-refractivity contribution is 5.45. The Morgan fingerprint density at radius 3 is 2.94 bits per heavy atom. The van der Waals surface area contributed by atoms with Crippen molar-refractivity contribution in [3.63, 3.8) is 0 Å². The van der Waals surface area contributed by atoms with Crippen molar-refractivity contribution in [3.8, 4) is 0 Å². The lowest BCUT2D eigenvalue weighted by molar-refractivity contribution is -0.385. The summed E-state index contributed by atoms with van der Waals surface area (Å²) in [6, 6.07) is 3.27. The molecule has 0 aromatic carbocycles. The maximum Gasteiger partial charge on any atom is 0.290 e. The summed E-state index contributed by atoms with van der Waals surface area (Å²) in [7, 11) is 0. The number of aromatic nitrogens is 1. The summed E-state index contributed by atoms with van der Waals surface area (Å²) >= 11 is 0. The fourth-order valence-electron chi connectivity index (χ4n) is 2.15. The van der Waals surface area contributed by atoms with Crippen LogP contribution in [-0.2, 0) is 4.74 Å². The Bertz CT molecular complexity index is 444. The van der Waals surface area contributed by atoms with Gasteiger partial charge in [0.15, 0.2) is 0 Å². The molecule has 1 N–H and O–H groups in total. The molecule has 2 rings (SSSR count). The van der Waals surface area contributed by atoms with Crippen molar-refractivity contribution < 1.29 is 9.66 Å². The molecule has 2 heterocycles. The number of nitrogens with zero attached hydrogens (tertiary/aromatic N) is 2. The second kappa shape index (κ2) is 5.30. The summed E-state index contributed by atoms with van der Waals surface area (Å²) in [4.78, 5) is 14.5. The van der Waals surface area contributed by atoms with E-state index < -0.39 is 4.92 Å². The van der Waals surface area contributed by atoms with Gasteiger partial charge in [-0.1, -0.05) is 0 Å². The van der Waals surface area contributed by atoms with Gasteiger partial charge < -0.3 is 10.1 Å². The first kappa shape index (κ1) is 12.8. The summed E-state index contributed by atoms with van der Waals surface area (Å²) in [6.45, 7) is 4.48. The number of nitrogens with one attached hydrogen (secondary N) is 1. The van der Waals surface area contributed by atoms with E-state index in [-0.39, 0.29) is 17.8 Å². The molecule has 18 heavy (non-hydrogen) atoms. The molecule has 0 amide bonds. The van der Waals surface area contributed by atoms with Crippen LogP contribution in [0.25, 0.3) is 0 Å². The summed E-state index contributed by atoms with van der Waals surface area (Å²) in [5, 5.41) is 13.9. The van der Waals surface area contributed by atoms with Crippen LogP contribution in [0.3, 0.4) is 0 Å². The SMILES string of the molecule is Cc1nc(NC(C)C2CCCO2)ccc1[N+](=O)[O-]. The van der Waals surface area contributed by atoms with Crippen LogP contribution < -0.4 is 5.32 Å². The fraction of sp³-hybridized carbons (Fsp3) is 0.583. The monoisotopic (exact) mass is 251 g/mol. The van der Waals surface area contributed by atoms with Gasteiger partial charge in [-0.25, -0.2) is 4.98 Å². The molecule has 0 radical (unpaired) electrons. The van der Waals surface area contributed by atoms with E-state index in [1.165, 1.54) is 6.07 Å². The molecule has 1 saturated heterocycles. The third kappa shape index (κ3) is 2.76. The molecular formula is C12H17N3O3. The zero-order chi connectivity index (χ0) is 13.1. The van der Waals surface area contributed by atoms with Crippen LogP contribution in [0.1, 0.15) is 25.5 Å². The Kier molecular flexibility index (Phi) is 3.76. The van der Waals surface area contributed by atoms with Crippen LogP contribution in [0.4, 0.5) is 11.5 Å². The molecule has 1 fully saturated rings. The van der Waals surface area contributed by atoms with E-state index in [4.69, 9.17) is 4.74 Å². The summed E-state index contributed by atoms with van der Waals surface area (Å²) in [5.41, 5.74) is 0.467. The van der Waals surface area contributed by atoms with Crippen molar-refractivity contribution >= 4 is 11.5 Å². The second-order valence-electron chi connectivity index (χ2n) is 4.54. The van der Waals surface area contributed by atoms with Crippen molar-refractivity contribution in [1.29, 1.82) is 0 Å². The van der Waals surface area contributed by atoms with E-state index >= 15 is 0 Å². The van der Waals surface area contributed by atoms with Crippen LogP contribution in [0.5, 0.6) is 0 Å². The third-order valence-corrected chi connectivity index (χ3v) is 3.15. The quantitative estimate of drug-likeness (QED) is 0.656. The first-order valence-electron chi connectivity index (χ1n) is 6.08. The molecule has 6 heteroatoms. The normalized spacial score (nSPS) is 20.7. The average molecular weight is 251 g/mol. The van der Waals surface area contributed by atoms with Gasteiger partial charge in [0, 0.05) is 12.7 Å². The van der Waals surface area contributed by atoms with E-state index in [1.54, 1.807) is 13.0 Å². The number of ether oxygens (including phenoxy) is 1. The van der Waals surface area contributed by atoms with Crippen LogP contribution >= 0.6 is 0 Å². The van der Waals surface area contributed by atoms with Crippen molar-refractivity contribution in [3.05, 3.63) is 27.9 Å². The predicted molar refractivity (Wildman–Crippen MR) is 67.7 cm³/mol. The highest BCUT2D eigenvalue weighted by Gasteiger charge is 2.22. The van der Waals surface area contributed by atoms with Gasteiger partial charge in [-0.3, -0.25) is 10.1 Å². The van der Waals surface area contributed by atoms with Crippen molar-refractivity contribution in [2.45, 2.75) is 38.8 Å². The van der Waals surface area contributed by atoms with Crippen LogP contribution in [0.2, 0.25) is 0 Å². The van der Waals surface area contributed by atoms with Gasteiger partial charge >= 0.3 is 0 Å². The zero-order valence-corrected chi connectivity index (χ0v) is 10.5. The molecule has 0 aliphatic carbocycles. The molecule has 98 valence electrons. The van der Waals surface area contributed by atoms with Gasteiger partial charge in [0.2, 0.25) is 0 Å². The van der Waals surface area contributed by atoms with E-state index in [0.717, 1.165) is 19.4 Å². The van der Waals surface area contributed by atoms with E-state index in [9.17, 15) is 10.1 Å². The Labute approximate surface area is 106 Å². The molecule has 1 aliphatic heterocycles. The highest BCUT2D eigenvalue weighted by Crippen LogP contribution is 2.21. The Hall–Kier alpha value is -1.69. The maximum atomic E-state index is 10.7. The standard InChI is InChI=1S/C12H17N3O3/c1-8-10(15(16)17)5-6-12(13-8)14-9(2)11-4-3-7-18-11/h5-6,9,11H,3-4,7H2,1-2H3,(H,13,14). The summed E-state index contributed by atoms with van der Waals surface area (Å²) in [5.74, 6) is 0.654. The molecule has 1 aliphatic rings. The predicted octanol–water partition coefficient (Wildman–Crippen LogP) is 2.28. The van der Waals surface area contributed by atoms with Gasteiger partial charge in [0.1, 0.15) is 11.5 Å². The lowest BCUT2D eigenvalue weighted by Gasteiger charge is -2.20. The molecule has 1 aromatic rings. The number of hydrogen-bond acceptors (Lipinski definition) is 5. The number of nitro groups is 1. The highest BCUT2D eigenvalue weighted by atomic mass is 16.6. The number of rotatable bonds is 4. The largest absolute Gasteiger partial charge is 0.376 e. The Morgan fingerprint density at radius 1 is 1.61 bits per heavy atom. The first-order chi connectivity index (χ1) is 8.58. The topological polar surface area (TPSA) is 77.3 Å². The van der Waals surface area contributed by atoms with Crippen molar-refractivity contribution in [1.82, 2.24) is 4.98 Å². The Balaban J connectivity index is 2.05. The van der Waals surface area contributed by atoms with Gasteiger partial charge in [-0.05, 0) is 32.8 Å². The minimum absolute atomic E-state index is 0.0466. The molecule has 0 bridgehead atoms. The van der Waals surface area contributed by atoms with Gasteiger partial charge in [0.25, 0.3) is 5.69 Å². The molecular weight excluding hydrogens is 234 g/mol. The average Bonchev–Trinajstić information content (AvgIpc) is 2.81. The minimum Gasteiger partial charge on any atom is -0.376 e. The molecule has 0 saturated carbocycles. The third-order valence-electron chi connectivity index (χ3n) is 3.15. The zero-order valence-electron chi connectivity index (χ0n) is 10.5.